The minimum Gasteiger partial charge on any atom is -0.351 e. The summed E-state index contributed by atoms with van der Waals surface area (Å²) in [5, 5.41) is 3.15. The molecule has 2 N–H and O–H groups in total. The molecule has 5 heterocycles. The average Bonchev–Trinajstić information content (AvgIpc) is 2.85. The third-order valence-electron chi connectivity index (χ3n) is 6.52. The van der Waals surface area contributed by atoms with E-state index in [0.717, 1.165) is 43.7 Å². The van der Waals surface area contributed by atoms with Crippen LogP contribution in [-0.4, -0.2) is 43.6 Å². The highest BCUT2D eigenvalue weighted by Gasteiger charge is 2.36. The van der Waals surface area contributed by atoms with Crippen LogP contribution in [-0.2, 0) is 16.2 Å². The van der Waals surface area contributed by atoms with Crippen LogP contribution in [0.1, 0.15) is 24.0 Å². The number of alkyl halides is 3. The highest BCUT2D eigenvalue weighted by atomic mass is 32.2. The van der Waals surface area contributed by atoms with E-state index in [9.17, 15) is 26.0 Å². The summed E-state index contributed by atoms with van der Waals surface area (Å²) in [6.07, 6.45) is -2.75. The molecule has 7 nitrogen and oxygen atoms in total. The maximum Gasteiger partial charge on any atom is 0.418 e. The van der Waals surface area contributed by atoms with Crippen LogP contribution in [0.15, 0.2) is 53.6 Å². The largest absolute Gasteiger partial charge is 0.418 e. The fourth-order valence-corrected chi connectivity index (χ4v) is 5.66. The molecule has 0 saturated carbocycles. The molecule has 6 rings (SSSR count). The Morgan fingerprint density at radius 3 is 2.56 bits per heavy atom. The van der Waals surface area contributed by atoms with Gasteiger partial charge in [-0.2, -0.15) is 21.6 Å². The number of hydrogen-bond acceptors (Lipinski definition) is 6. The highest BCUT2D eigenvalue weighted by Crippen LogP contribution is 2.38. The predicted octanol–water partition coefficient (Wildman–Crippen LogP) is 4.35. The topological polar surface area (TPSA) is 87.2 Å². The molecule has 12 heteroatoms. The quantitative estimate of drug-likeness (QED) is 0.486. The molecule has 3 fully saturated rings. The fourth-order valence-electron chi connectivity index (χ4n) is 4.69. The Morgan fingerprint density at radius 2 is 1.89 bits per heavy atom. The van der Waals surface area contributed by atoms with Gasteiger partial charge in [0.1, 0.15) is 17.5 Å². The van der Waals surface area contributed by atoms with Crippen LogP contribution in [0, 0.1) is 12.7 Å². The monoisotopic (exact) mass is 521 g/mol. The number of nitrogens with one attached hydrogen (secondary N) is 2. The zero-order valence-corrected chi connectivity index (χ0v) is 20.0. The summed E-state index contributed by atoms with van der Waals surface area (Å²) in [6.45, 7) is 3.02. The van der Waals surface area contributed by atoms with Crippen LogP contribution in [0.25, 0.3) is 11.3 Å². The van der Waals surface area contributed by atoms with Crippen molar-refractivity contribution < 1.29 is 26.0 Å². The van der Waals surface area contributed by atoms with Crippen molar-refractivity contribution in [2.75, 3.05) is 22.7 Å². The number of hydrogen-bond donors (Lipinski definition) is 2. The summed E-state index contributed by atoms with van der Waals surface area (Å²) in [5.41, 5.74) is -1.40. The number of halogens is 4. The molecular weight excluding hydrogens is 498 g/mol. The number of nitrogens with zero attached hydrogens (tertiary/aromatic N) is 3. The number of pyridine rings is 2. The van der Waals surface area contributed by atoms with Crippen molar-refractivity contribution in [2.45, 2.75) is 43.1 Å². The second kappa shape index (κ2) is 9.00. The number of piperidine rings is 2. The molecule has 36 heavy (non-hydrogen) atoms. The van der Waals surface area contributed by atoms with Crippen LogP contribution < -0.4 is 14.9 Å². The number of aromatic nitrogens is 2. The predicted molar refractivity (Wildman–Crippen MR) is 127 cm³/mol. The van der Waals surface area contributed by atoms with E-state index < -0.39 is 33.3 Å². The summed E-state index contributed by atoms with van der Waals surface area (Å²) in [7, 11) is -4.27. The first-order chi connectivity index (χ1) is 17.0. The van der Waals surface area contributed by atoms with Gasteiger partial charge in [-0.25, -0.2) is 14.4 Å². The van der Waals surface area contributed by atoms with E-state index in [0.29, 0.717) is 24.0 Å². The molecule has 1 aromatic carbocycles. The van der Waals surface area contributed by atoms with Gasteiger partial charge >= 0.3 is 6.18 Å². The highest BCUT2D eigenvalue weighted by molar-refractivity contribution is 7.92. The maximum atomic E-state index is 13.9. The summed E-state index contributed by atoms with van der Waals surface area (Å²) >= 11 is 0. The SMILES string of the molecule is Cc1ccc(F)cc1-c1nc(NS(=O)(=O)c2cccc(N3C[C@@H]4CCC3CN4)n2)ccc1C(F)(F)F. The molecule has 3 aliphatic heterocycles. The Balaban J connectivity index is 1.49. The van der Waals surface area contributed by atoms with Gasteiger partial charge < -0.3 is 10.2 Å². The lowest BCUT2D eigenvalue weighted by Gasteiger charge is -2.46. The van der Waals surface area contributed by atoms with Gasteiger partial charge in [0.05, 0.1) is 11.3 Å². The molecule has 3 saturated heterocycles. The summed E-state index contributed by atoms with van der Waals surface area (Å²) < 4.78 is 83.4. The zero-order valence-electron chi connectivity index (χ0n) is 19.2. The molecule has 0 amide bonds. The van der Waals surface area contributed by atoms with Crippen LogP contribution >= 0.6 is 0 Å². The van der Waals surface area contributed by atoms with Gasteiger partial charge in [-0.05, 0) is 61.7 Å². The number of anilines is 2. The Bertz CT molecular complexity index is 1410. The normalized spacial score (nSPS) is 20.0. The second-order valence-corrected chi connectivity index (χ2v) is 10.6. The Kier molecular flexibility index (Phi) is 6.11. The number of rotatable bonds is 5. The molecule has 2 atom stereocenters. The fraction of sp³-hybridized carbons (Fsp3) is 0.333. The average molecular weight is 522 g/mol. The van der Waals surface area contributed by atoms with Crippen molar-refractivity contribution in [2.24, 2.45) is 0 Å². The third kappa shape index (κ3) is 4.74. The zero-order chi connectivity index (χ0) is 25.7. The smallest absolute Gasteiger partial charge is 0.351 e. The number of aryl methyl sites for hydroxylation is 1. The number of benzene rings is 1. The summed E-state index contributed by atoms with van der Waals surface area (Å²) in [5.74, 6) is -0.556. The summed E-state index contributed by atoms with van der Waals surface area (Å²) in [4.78, 5) is 10.4. The molecule has 3 aliphatic rings. The molecular formula is C24H23F4N5O2S. The van der Waals surface area contributed by atoms with Gasteiger partial charge in [0.2, 0.25) is 0 Å². The van der Waals surface area contributed by atoms with Crippen LogP contribution in [0.4, 0.5) is 29.2 Å². The standard InChI is InChI=1S/C24H23F4N5O2S/c1-14-5-6-15(25)11-18(14)23-19(24(26,27)28)9-10-20(30-23)32-36(34,35)22-4-2-3-21(31-22)33-13-16-7-8-17(33)12-29-16/h2-6,9-11,16-17,29H,7-8,12-13H2,1H3,(H,30,32)/t16-,17?/m0/s1. The van der Waals surface area contributed by atoms with Crippen LogP contribution in [0.3, 0.4) is 0 Å². The van der Waals surface area contributed by atoms with Crippen molar-refractivity contribution >= 4 is 21.7 Å². The van der Waals surface area contributed by atoms with E-state index in [-0.39, 0.29) is 22.4 Å². The Hall–Kier alpha value is -3.25. The van der Waals surface area contributed by atoms with Crippen LogP contribution in [0.2, 0.25) is 0 Å². The Morgan fingerprint density at radius 1 is 1.08 bits per heavy atom. The van der Waals surface area contributed by atoms with E-state index in [2.05, 4.69) is 24.9 Å². The van der Waals surface area contributed by atoms with Crippen molar-refractivity contribution in [1.29, 1.82) is 0 Å². The van der Waals surface area contributed by atoms with E-state index in [1.54, 1.807) is 12.1 Å². The van der Waals surface area contributed by atoms with Gasteiger partial charge in [-0.15, -0.1) is 0 Å². The molecule has 2 aromatic heterocycles. The van der Waals surface area contributed by atoms with Gasteiger partial charge in [0.15, 0.2) is 5.03 Å². The number of piperazine rings is 1. The lowest BCUT2D eigenvalue weighted by Crippen LogP contribution is -2.61. The molecule has 0 aliphatic carbocycles. The minimum atomic E-state index is -4.78. The van der Waals surface area contributed by atoms with E-state index in [1.807, 2.05) is 0 Å². The first-order valence-electron chi connectivity index (χ1n) is 11.4. The molecule has 3 aromatic rings. The van der Waals surface area contributed by atoms with Crippen LogP contribution in [0.5, 0.6) is 0 Å². The first-order valence-corrected chi connectivity index (χ1v) is 12.8. The number of fused-ring (bicyclic) bond motifs is 3. The van der Waals surface area contributed by atoms with E-state index >= 15 is 0 Å². The Labute approximate surface area is 205 Å². The van der Waals surface area contributed by atoms with E-state index in [4.69, 9.17) is 0 Å². The molecule has 0 radical (unpaired) electrons. The van der Waals surface area contributed by atoms with Crippen molar-refractivity contribution in [1.82, 2.24) is 15.3 Å². The van der Waals surface area contributed by atoms with Gasteiger partial charge in [0, 0.05) is 30.7 Å². The van der Waals surface area contributed by atoms with E-state index in [1.165, 1.54) is 19.1 Å². The minimum absolute atomic E-state index is 0.0859. The van der Waals surface area contributed by atoms with Crippen molar-refractivity contribution in [3.05, 3.63) is 65.5 Å². The lowest BCUT2D eigenvalue weighted by atomic mass is 9.93. The first kappa shape index (κ1) is 24.4. The van der Waals surface area contributed by atoms with Gasteiger partial charge in [0.25, 0.3) is 10.0 Å². The molecule has 1 unspecified atom stereocenters. The van der Waals surface area contributed by atoms with Gasteiger partial charge in [-0.1, -0.05) is 12.1 Å². The lowest BCUT2D eigenvalue weighted by molar-refractivity contribution is -0.137. The second-order valence-electron chi connectivity index (χ2n) is 8.98. The molecule has 2 bridgehead atoms. The maximum absolute atomic E-state index is 13.9. The third-order valence-corrected chi connectivity index (χ3v) is 7.78. The molecule has 0 spiro atoms. The van der Waals surface area contributed by atoms with Crippen molar-refractivity contribution in [3.8, 4) is 11.3 Å². The van der Waals surface area contributed by atoms with Gasteiger partial charge in [-0.3, -0.25) is 4.72 Å². The van der Waals surface area contributed by atoms with Crippen molar-refractivity contribution in [3.63, 3.8) is 0 Å². The molecule has 190 valence electrons. The number of sulfonamides is 1. The summed E-state index contributed by atoms with van der Waals surface area (Å²) in [6, 6.07) is 10.2.